The predicted octanol–water partition coefficient (Wildman–Crippen LogP) is 5.34. The van der Waals surface area contributed by atoms with E-state index in [0.717, 1.165) is 23.8 Å². The highest BCUT2D eigenvalue weighted by atomic mass is 15.2. The molecule has 0 unspecified atom stereocenters. The number of hydrogen-bond acceptors (Lipinski definition) is 2. The zero-order chi connectivity index (χ0) is 17.0. The van der Waals surface area contributed by atoms with E-state index in [-0.39, 0.29) is 5.41 Å². The molecule has 0 amide bonds. The Hall–Kier alpha value is -1.15. The monoisotopic (exact) mass is 336 g/mol. The molecule has 5 rings (SSSR count). The van der Waals surface area contributed by atoms with Crippen LogP contribution in [0.3, 0.4) is 0 Å². The molecule has 2 aliphatic heterocycles. The molecule has 1 aromatic rings. The Balaban J connectivity index is 1.61. The van der Waals surface area contributed by atoms with Crippen LogP contribution in [-0.4, -0.2) is 29.7 Å². The summed E-state index contributed by atoms with van der Waals surface area (Å²) in [6.07, 6.45) is 9.46. The highest BCUT2D eigenvalue weighted by Crippen LogP contribution is 2.61. The van der Waals surface area contributed by atoms with Gasteiger partial charge in [-0.1, -0.05) is 38.5 Å². The molecule has 5 atom stereocenters. The number of likely N-dealkylation sites (tertiary alicyclic amines) is 1. The lowest BCUT2D eigenvalue weighted by atomic mass is 9.48. The largest absolute Gasteiger partial charge is 0.300 e. The minimum atomic E-state index is 0.256. The number of rotatable bonds is 3. The molecule has 0 bridgehead atoms. The molecule has 0 aromatic heterocycles. The standard InChI is InChI=1S/C23H32N2/c1-3-13-25-14-12-16-15-21-23(4-2,17-8-5-6-10-19(17)24-21)18-9-7-11-20(25)22(16)18/h5-6,8,10,16,18,20,22H,3-4,7,9,11-15H2,1-2H3/t16-,18-,20+,22+,23+/m0/s1. The topological polar surface area (TPSA) is 15.6 Å². The van der Waals surface area contributed by atoms with E-state index >= 15 is 0 Å². The van der Waals surface area contributed by atoms with Gasteiger partial charge in [0.25, 0.3) is 0 Å². The molecule has 0 spiro atoms. The maximum atomic E-state index is 5.21. The van der Waals surface area contributed by atoms with E-state index < -0.39 is 0 Å². The normalized spacial score (nSPS) is 39.4. The molecule has 2 heterocycles. The first-order valence-electron chi connectivity index (χ1n) is 10.7. The van der Waals surface area contributed by atoms with Gasteiger partial charge in [-0.2, -0.15) is 0 Å². The summed E-state index contributed by atoms with van der Waals surface area (Å²) < 4.78 is 0. The molecule has 0 N–H and O–H groups in total. The second-order valence-electron chi connectivity index (χ2n) is 8.87. The molecule has 3 fully saturated rings. The Morgan fingerprint density at radius 3 is 2.88 bits per heavy atom. The van der Waals surface area contributed by atoms with Crippen LogP contribution in [-0.2, 0) is 5.41 Å². The Morgan fingerprint density at radius 1 is 1.16 bits per heavy atom. The fraction of sp³-hybridized carbons (Fsp3) is 0.696. The lowest BCUT2D eigenvalue weighted by Crippen LogP contribution is -2.62. The Labute approximate surface area is 152 Å². The first kappa shape index (κ1) is 16.1. The number of nitrogens with zero attached hydrogens (tertiary/aromatic N) is 2. The van der Waals surface area contributed by atoms with Gasteiger partial charge in [-0.25, -0.2) is 0 Å². The number of aliphatic imine (C=N–C) groups is 1. The van der Waals surface area contributed by atoms with Gasteiger partial charge in [-0.15, -0.1) is 0 Å². The second kappa shape index (κ2) is 5.94. The van der Waals surface area contributed by atoms with Crippen molar-refractivity contribution in [1.29, 1.82) is 0 Å². The van der Waals surface area contributed by atoms with Crippen molar-refractivity contribution >= 4 is 11.4 Å². The van der Waals surface area contributed by atoms with Crippen LogP contribution in [0, 0.1) is 17.8 Å². The average molecular weight is 337 g/mol. The van der Waals surface area contributed by atoms with Crippen molar-refractivity contribution in [2.45, 2.75) is 70.3 Å². The Bertz CT molecular complexity index is 693. The van der Waals surface area contributed by atoms with E-state index in [9.17, 15) is 0 Å². The first-order chi connectivity index (χ1) is 12.3. The molecular weight excluding hydrogens is 304 g/mol. The fourth-order valence-corrected chi connectivity index (χ4v) is 7.23. The highest BCUT2D eigenvalue weighted by molar-refractivity contribution is 6.03. The minimum absolute atomic E-state index is 0.256. The number of para-hydroxylation sites is 1. The van der Waals surface area contributed by atoms with Crippen LogP contribution in [0.1, 0.15) is 64.4 Å². The summed E-state index contributed by atoms with van der Waals surface area (Å²) in [5.41, 5.74) is 4.65. The van der Waals surface area contributed by atoms with E-state index in [1.54, 1.807) is 11.3 Å². The Kier molecular flexibility index (Phi) is 3.82. The summed E-state index contributed by atoms with van der Waals surface area (Å²) in [5, 5.41) is 0. The number of hydrogen-bond donors (Lipinski definition) is 0. The van der Waals surface area contributed by atoms with Gasteiger partial charge >= 0.3 is 0 Å². The van der Waals surface area contributed by atoms with E-state index in [1.165, 1.54) is 63.7 Å². The lowest BCUT2D eigenvalue weighted by Gasteiger charge is -2.59. The molecular formula is C23H32N2. The maximum Gasteiger partial charge on any atom is 0.0671 e. The molecule has 0 radical (unpaired) electrons. The van der Waals surface area contributed by atoms with Crippen molar-refractivity contribution in [2.24, 2.45) is 22.7 Å². The molecule has 1 saturated heterocycles. The quantitative estimate of drug-likeness (QED) is 0.727. The highest BCUT2D eigenvalue weighted by Gasteiger charge is 2.59. The third-order valence-electron chi connectivity index (χ3n) is 8.04. The van der Waals surface area contributed by atoms with Gasteiger partial charge in [0, 0.05) is 17.2 Å². The van der Waals surface area contributed by atoms with Crippen molar-refractivity contribution in [3.63, 3.8) is 0 Å². The van der Waals surface area contributed by atoms with Crippen LogP contribution < -0.4 is 0 Å². The maximum absolute atomic E-state index is 5.21. The van der Waals surface area contributed by atoms with Crippen molar-refractivity contribution < 1.29 is 0 Å². The molecule has 134 valence electrons. The van der Waals surface area contributed by atoms with Gasteiger partial charge < -0.3 is 4.90 Å². The zero-order valence-electron chi connectivity index (χ0n) is 15.9. The summed E-state index contributed by atoms with van der Waals surface area (Å²) in [5.74, 6) is 2.60. The van der Waals surface area contributed by atoms with Gasteiger partial charge in [0.1, 0.15) is 0 Å². The molecule has 4 aliphatic rings. The summed E-state index contributed by atoms with van der Waals surface area (Å²) in [4.78, 5) is 8.07. The number of piperidine rings is 1. The van der Waals surface area contributed by atoms with Gasteiger partial charge in [-0.3, -0.25) is 4.99 Å². The van der Waals surface area contributed by atoms with Gasteiger partial charge in [0.2, 0.25) is 0 Å². The predicted molar refractivity (Wildman–Crippen MR) is 105 cm³/mol. The fourth-order valence-electron chi connectivity index (χ4n) is 7.23. The summed E-state index contributed by atoms with van der Waals surface area (Å²) >= 11 is 0. The summed E-state index contributed by atoms with van der Waals surface area (Å²) in [6.45, 7) is 7.40. The molecule has 2 nitrogen and oxygen atoms in total. The van der Waals surface area contributed by atoms with E-state index in [4.69, 9.17) is 4.99 Å². The first-order valence-corrected chi connectivity index (χ1v) is 10.7. The van der Waals surface area contributed by atoms with E-state index in [0.29, 0.717) is 0 Å². The molecule has 2 heteroatoms. The molecule has 2 saturated carbocycles. The van der Waals surface area contributed by atoms with Crippen molar-refractivity contribution in [1.82, 2.24) is 4.90 Å². The van der Waals surface area contributed by atoms with E-state index in [2.05, 4.69) is 43.0 Å². The zero-order valence-corrected chi connectivity index (χ0v) is 15.9. The molecule has 2 aliphatic carbocycles. The minimum Gasteiger partial charge on any atom is -0.300 e. The van der Waals surface area contributed by atoms with E-state index in [1.807, 2.05) is 0 Å². The van der Waals surface area contributed by atoms with Crippen LogP contribution in [0.5, 0.6) is 0 Å². The smallest absolute Gasteiger partial charge is 0.0671 e. The molecule has 25 heavy (non-hydrogen) atoms. The van der Waals surface area contributed by atoms with Crippen molar-refractivity contribution in [2.75, 3.05) is 13.1 Å². The number of fused-ring (bicyclic) bond motifs is 4. The Morgan fingerprint density at radius 2 is 2.04 bits per heavy atom. The van der Waals surface area contributed by atoms with Crippen LogP contribution in [0.15, 0.2) is 29.3 Å². The van der Waals surface area contributed by atoms with Crippen LogP contribution in [0.2, 0.25) is 0 Å². The van der Waals surface area contributed by atoms with Crippen molar-refractivity contribution in [3.05, 3.63) is 29.8 Å². The number of benzene rings is 1. The summed E-state index contributed by atoms with van der Waals surface area (Å²) in [6, 6.07) is 9.90. The van der Waals surface area contributed by atoms with Crippen molar-refractivity contribution in [3.8, 4) is 0 Å². The van der Waals surface area contributed by atoms with Gasteiger partial charge in [0.05, 0.1) is 5.69 Å². The van der Waals surface area contributed by atoms with Gasteiger partial charge in [-0.05, 0) is 81.0 Å². The molecule has 1 aromatic carbocycles. The summed E-state index contributed by atoms with van der Waals surface area (Å²) in [7, 11) is 0. The third kappa shape index (κ3) is 2.10. The van der Waals surface area contributed by atoms with Crippen LogP contribution >= 0.6 is 0 Å². The third-order valence-corrected chi connectivity index (χ3v) is 8.04. The SMILES string of the molecule is CCCN1CC[C@H]2CC3=Nc4ccccc4[C@]3(CC)[C@H]3CCC[C@@H]1[C@H]23. The lowest BCUT2D eigenvalue weighted by molar-refractivity contribution is -0.0399. The second-order valence-corrected chi connectivity index (χ2v) is 8.87. The van der Waals surface area contributed by atoms with Crippen LogP contribution in [0.25, 0.3) is 0 Å². The average Bonchev–Trinajstić information content (AvgIpc) is 2.98. The van der Waals surface area contributed by atoms with Crippen LogP contribution in [0.4, 0.5) is 5.69 Å². The van der Waals surface area contributed by atoms with Gasteiger partial charge in [0.15, 0.2) is 0 Å².